The molecule has 0 aromatic rings. The molecule has 2 heteroatoms. The smallest absolute Gasteiger partial charge is 0.0558 e. The highest BCUT2D eigenvalue weighted by Gasteiger charge is 2.07. The molecule has 0 unspecified atom stereocenters. The second-order valence-electron chi connectivity index (χ2n) is 4.27. The van der Waals surface area contributed by atoms with E-state index in [9.17, 15) is 0 Å². The van der Waals surface area contributed by atoms with Crippen LogP contribution in [0.4, 0.5) is 0 Å². The summed E-state index contributed by atoms with van der Waals surface area (Å²) in [5, 5.41) is 8.82. The van der Waals surface area contributed by atoms with Gasteiger partial charge in [-0.3, -0.25) is 0 Å². The van der Waals surface area contributed by atoms with Gasteiger partial charge in [0.15, 0.2) is 0 Å². The number of rotatable bonds is 6. The van der Waals surface area contributed by atoms with Crippen molar-refractivity contribution in [1.82, 2.24) is 4.90 Å². The fourth-order valence-electron chi connectivity index (χ4n) is 1.43. The molecule has 0 aromatic carbocycles. The van der Waals surface area contributed by atoms with Gasteiger partial charge in [-0.05, 0) is 11.8 Å². The molecule has 74 valence electrons. The highest BCUT2D eigenvalue weighted by atomic mass is 16.3. The van der Waals surface area contributed by atoms with Gasteiger partial charge in [0.25, 0.3) is 0 Å². The Morgan fingerprint density at radius 3 is 1.67 bits per heavy atom. The topological polar surface area (TPSA) is 23.5 Å². The summed E-state index contributed by atoms with van der Waals surface area (Å²) in [6, 6.07) is 0. The lowest BCUT2D eigenvalue weighted by molar-refractivity contribution is 0.168. The van der Waals surface area contributed by atoms with E-state index in [1.807, 2.05) is 0 Å². The van der Waals surface area contributed by atoms with Crippen LogP contribution in [0.1, 0.15) is 27.7 Å². The fraction of sp³-hybridized carbons (Fsp3) is 1.00. The number of hydrogen-bond donors (Lipinski definition) is 1. The van der Waals surface area contributed by atoms with Crippen molar-refractivity contribution in [2.24, 2.45) is 11.8 Å². The third-order valence-electron chi connectivity index (χ3n) is 1.66. The molecule has 0 rings (SSSR count). The van der Waals surface area contributed by atoms with E-state index in [2.05, 4.69) is 32.6 Å². The molecule has 0 aromatic heterocycles. The van der Waals surface area contributed by atoms with Gasteiger partial charge in [-0.25, -0.2) is 0 Å². The Balaban J connectivity index is 3.69. The molecule has 0 bridgehead atoms. The molecular formula is C10H23NO. The summed E-state index contributed by atoms with van der Waals surface area (Å²) in [6.45, 7) is 12.1. The van der Waals surface area contributed by atoms with Crippen LogP contribution >= 0.6 is 0 Å². The van der Waals surface area contributed by atoms with Gasteiger partial charge in [-0.1, -0.05) is 27.7 Å². The monoisotopic (exact) mass is 173 g/mol. The van der Waals surface area contributed by atoms with E-state index >= 15 is 0 Å². The van der Waals surface area contributed by atoms with Crippen molar-refractivity contribution >= 4 is 0 Å². The molecule has 0 fully saturated rings. The maximum atomic E-state index is 8.82. The van der Waals surface area contributed by atoms with E-state index in [1.54, 1.807) is 0 Å². The van der Waals surface area contributed by atoms with Gasteiger partial charge >= 0.3 is 0 Å². The van der Waals surface area contributed by atoms with Crippen LogP contribution in [0.15, 0.2) is 0 Å². The van der Waals surface area contributed by atoms with Gasteiger partial charge < -0.3 is 10.0 Å². The van der Waals surface area contributed by atoms with E-state index in [-0.39, 0.29) is 6.61 Å². The summed E-state index contributed by atoms with van der Waals surface area (Å²) in [6.07, 6.45) is 0. The van der Waals surface area contributed by atoms with Crippen LogP contribution in [0.3, 0.4) is 0 Å². The van der Waals surface area contributed by atoms with Gasteiger partial charge in [-0.15, -0.1) is 0 Å². The summed E-state index contributed by atoms with van der Waals surface area (Å²) < 4.78 is 0. The maximum absolute atomic E-state index is 8.82. The van der Waals surface area contributed by atoms with Crippen molar-refractivity contribution in [2.75, 3.05) is 26.2 Å². The van der Waals surface area contributed by atoms with Gasteiger partial charge in [0.2, 0.25) is 0 Å². The van der Waals surface area contributed by atoms with E-state index in [0.29, 0.717) is 11.8 Å². The minimum absolute atomic E-state index is 0.277. The Bertz CT molecular complexity index is 92.0. The molecular weight excluding hydrogens is 150 g/mol. The van der Waals surface area contributed by atoms with E-state index < -0.39 is 0 Å². The summed E-state index contributed by atoms with van der Waals surface area (Å²) in [5.74, 6) is 1.38. The first-order valence-corrected chi connectivity index (χ1v) is 4.89. The van der Waals surface area contributed by atoms with Gasteiger partial charge in [0.1, 0.15) is 0 Å². The van der Waals surface area contributed by atoms with Crippen LogP contribution in [0.25, 0.3) is 0 Å². The second-order valence-corrected chi connectivity index (χ2v) is 4.27. The van der Waals surface area contributed by atoms with Crippen LogP contribution in [0, 0.1) is 11.8 Å². The molecule has 0 radical (unpaired) electrons. The molecule has 12 heavy (non-hydrogen) atoms. The largest absolute Gasteiger partial charge is 0.395 e. The Labute approximate surface area is 76.6 Å². The van der Waals surface area contributed by atoms with Crippen molar-refractivity contribution in [3.05, 3.63) is 0 Å². The van der Waals surface area contributed by atoms with Gasteiger partial charge in [0.05, 0.1) is 6.61 Å². The molecule has 0 aliphatic rings. The van der Waals surface area contributed by atoms with Crippen LogP contribution < -0.4 is 0 Å². The zero-order valence-corrected chi connectivity index (χ0v) is 8.88. The first kappa shape index (κ1) is 11.9. The summed E-state index contributed by atoms with van der Waals surface area (Å²) >= 11 is 0. The second kappa shape index (κ2) is 6.44. The quantitative estimate of drug-likeness (QED) is 0.659. The Hall–Kier alpha value is -0.0800. The average Bonchev–Trinajstić information content (AvgIpc) is 1.84. The molecule has 0 heterocycles. The van der Waals surface area contributed by atoms with Crippen molar-refractivity contribution in [3.8, 4) is 0 Å². The van der Waals surface area contributed by atoms with Crippen molar-refractivity contribution < 1.29 is 5.11 Å². The molecule has 0 spiro atoms. The molecule has 0 atom stereocenters. The summed E-state index contributed by atoms with van der Waals surface area (Å²) in [5.41, 5.74) is 0. The highest BCUT2D eigenvalue weighted by molar-refractivity contribution is 4.61. The third kappa shape index (κ3) is 6.62. The fourth-order valence-corrected chi connectivity index (χ4v) is 1.43. The SMILES string of the molecule is CC(C)CN(CCO)CC(C)C. The summed E-state index contributed by atoms with van der Waals surface area (Å²) in [7, 11) is 0. The number of aliphatic hydroxyl groups excluding tert-OH is 1. The van der Waals surface area contributed by atoms with Crippen molar-refractivity contribution in [1.29, 1.82) is 0 Å². The first-order chi connectivity index (χ1) is 5.56. The van der Waals surface area contributed by atoms with Crippen LogP contribution in [-0.4, -0.2) is 36.2 Å². The normalized spacial score (nSPS) is 12.0. The Kier molecular flexibility index (Phi) is 6.39. The predicted octanol–water partition coefficient (Wildman–Crippen LogP) is 1.59. The van der Waals surface area contributed by atoms with E-state index in [0.717, 1.165) is 19.6 Å². The Morgan fingerprint density at radius 2 is 1.42 bits per heavy atom. The first-order valence-electron chi connectivity index (χ1n) is 4.89. The lowest BCUT2D eigenvalue weighted by Gasteiger charge is -2.24. The summed E-state index contributed by atoms with van der Waals surface area (Å²) in [4.78, 5) is 2.33. The van der Waals surface area contributed by atoms with Crippen LogP contribution in [-0.2, 0) is 0 Å². The lowest BCUT2D eigenvalue weighted by Crippen LogP contribution is -2.33. The standard InChI is InChI=1S/C10H23NO/c1-9(2)7-11(5-6-12)8-10(3)4/h9-10,12H,5-8H2,1-4H3. The van der Waals surface area contributed by atoms with Crippen molar-refractivity contribution in [2.45, 2.75) is 27.7 Å². The zero-order valence-electron chi connectivity index (χ0n) is 8.88. The molecule has 0 amide bonds. The molecule has 0 saturated carbocycles. The number of hydrogen-bond acceptors (Lipinski definition) is 2. The van der Waals surface area contributed by atoms with Gasteiger partial charge in [-0.2, -0.15) is 0 Å². The minimum atomic E-state index is 0.277. The van der Waals surface area contributed by atoms with Crippen molar-refractivity contribution in [3.63, 3.8) is 0 Å². The maximum Gasteiger partial charge on any atom is 0.0558 e. The molecule has 0 aliphatic carbocycles. The molecule has 0 saturated heterocycles. The number of aliphatic hydroxyl groups is 1. The van der Waals surface area contributed by atoms with Gasteiger partial charge in [0, 0.05) is 19.6 Å². The molecule has 0 aliphatic heterocycles. The highest BCUT2D eigenvalue weighted by Crippen LogP contribution is 2.02. The Morgan fingerprint density at radius 1 is 1.00 bits per heavy atom. The van der Waals surface area contributed by atoms with Crippen LogP contribution in [0.5, 0.6) is 0 Å². The average molecular weight is 173 g/mol. The van der Waals surface area contributed by atoms with E-state index in [4.69, 9.17) is 5.11 Å². The minimum Gasteiger partial charge on any atom is -0.395 e. The zero-order chi connectivity index (χ0) is 9.56. The third-order valence-corrected chi connectivity index (χ3v) is 1.66. The number of nitrogens with zero attached hydrogens (tertiary/aromatic N) is 1. The molecule has 2 nitrogen and oxygen atoms in total. The van der Waals surface area contributed by atoms with E-state index in [1.165, 1.54) is 0 Å². The molecule has 1 N–H and O–H groups in total. The predicted molar refractivity (Wildman–Crippen MR) is 53.2 cm³/mol. The van der Waals surface area contributed by atoms with Crippen LogP contribution in [0.2, 0.25) is 0 Å². The lowest BCUT2D eigenvalue weighted by atomic mass is 10.1.